The van der Waals surface area contributed by atoms with Gasteiger partial charge in [0.1, 0.15) is 5.82 Å². The van der Waals surface area contributed by atoms with E-state index in [-0.39, 0.29) is 5.38 Å². The second-order valence-corrected chi connectivity index (χ2v) is 5.93. The summed E-state index contributed by atoms with van der Waals surface area (Å²) >= 11 is 12.6. The van der Waals surface area contributed by atoms with E-state index in [1.165, 1.54) is 5.56 Å². The van der Waals surface area contributed by atoms with E-state index < -0.39 is 0 Å². The summed E-state index contributed by atoms with van der Waals surface area (Å²) in [7, 11) is 0. The Hall–Kier alpha value is -1.51. The van der Waals surface area contributed by atoms with Crippen molar-refractivity contribution in [2.45, 2.75) is 19.2 Å². The highest BCUT2D eigenvalue weighted by molar-refractivity contribution is 6.35. The van der Waals surface area contributed by atoms with Crippen molar-refractivity contribution in [2.75, 3.05) is 0 Å². The molecule has 0 saturated carbocycles. The third-order valence-corrected chi connectivity index (χ3v) is 3.80. The van der Waals surface area contributed by atoms with Crippen LogP contribution < -0.4 is 0 Å². The van der Waals surface area contributed by atoms with Gasteiger partial charge in [-0.05, 0) is 38.1 Å². The summed E-state index contributed by atoms with van der Waals surface area (Å²) in [5.74, 6) is 0.804. The van der Waals surface area contributed by atoms with Gasteiger partial charge in [0.25, 0.3) is 0 Å². The molecule has 2 aromatic carbocycles. The first kappa shape index (κ1) is 13.5. The van der Waals surface area contributed by atoms with E-state index in [4.69, 9.17) is 23.2 Å². The van der Waals surface area contributed by atoms with Crippen LogP contribution >= 0.6 is 23.2 Å². The zero-order valence-corrected chi connectivity index (χ0v) is 12.8. The van der Waals surface area contributed by atoms with Crippen molar-refractivity contribution >= 4 is 34.2 Å². The van der Waals surface area contributed by atoms with Crippen molar-refractivity contribution in [1.29, 1.82) is 0 Å². The number of aromatic nitrogens is 2. The lowest BCUT2D eigenvalue weighted by molar-refractivity contribution is 0.882. The topological polar surface area (TPSA) is 17.8 Å². The second-order valence-electron chi connectivity index (χ2n) is 4.86. The fourth-order valence-electron chi connectivity index (χ4n) is 2.33. The summed E-state index contributed by atoms with van der Waals surface area (Å²) in [4.78, 5) is 4.62. The zero-order valence-electron chi connectivity index (χ0n) is 11.3. The van der Waals surface area contributed by atoms with Crippen molar-refractivity contribution in [3.05, 3.63) is 58.9 Å². The molecule has 0 radical (unpaired) electrons. The second kappa shape index (κ2) is 5.12. The van der Waals surface area contributed by atoms with Crippen LogP contribution in [0.2, 0.25) is 5.02 Å². The Balaban J connectivity index is 2.36. The highest BCUT2D eigenvalue weighted by Crippen LogP contribution is 2.32. The van der Waals surface area contributed by atoms with Crippen molar-refractivity contribution < 1.29 is 0 Å². The molecule has 1 heterocycles. The molecule has 2 nitrogen and oxygen atoms in total. The Morgan fingerprint density at radius 3 is 2.45 bits per heavy atom. The van der Waals surface area contributed by atoms with E-state index in [0.29, 0.717) is 5.02 Å². The number of hydrogen-bond acceptors (Lipinski definition) is 1. The molecule has 0 bridgehead atoms. The van der Waals surface area contributed by atoms with Gasteiger partial charge >= 0.3 is 0 Å². The van der Waals surface area contributed by atoms with Gasteiger partial charge in [0, 0.05) is 5.69 Å². The first-order chi connectivity index (χ1) is 9.58. The third-order valence-electron chi connectivity index (χ3n) is 3.30. The summed E-state index contributed by atoms with van der Waals surface area (Å²) in [5, 5.41) is 0.485. The number of benzene rings is 2. The van der Waals surface area contributed by atoms with Gasteiger partial charge in [0.2, 0.25) is 0 Å². The van der Waals surface area contributed by atoms with Crippen LogP contribution in [0.15, 0.2) is 42.5 Å². The van der Waals surface area contributed by atoms with Gasteiger partial charge in [0.05, 0.1) is 21.4 Å². The predicted molar refractivity (Wildman–Crippen MR) is 85.1 cm³/mol. The maximum absolute atomic E-state index is 6.36. The molecule has 102 valence electrons. The quantitative estimate of drug-likeness (QED) is 0.588. The minimum atomic E-state index is -0.195. The number of aryl methyl sites for hydroxylation is 1. The molecule has 0 N–H and O–H groups in total. The van der Waals surface area contributed by atoms with Crippen molar-refractivity contribution in [3.63, 3.8) is 0 Å². The predicted octanol–water partition coefficient (Wildman–Crippen LogP) is 5.29. The van der Waals surface area contributed by atoms with Gasteiger partial charge in [-0.1, -0.05) is 35.4 Å². The van der Waals surface area contributed by atoms with Crippen LogP contribution in [0, 0.1) is 6.92 Å². The fraction of sp³-hybridized carbons (Fsp3) is 0.188. The van der Waals surface area contributed by atoms with Gasteiger partial charge in [-0.2, -0.15) is 0 Å². The van der Waals surface area contributed by atoms with Crippen LogP contribution in [0.5, 0.6) is 0 Å². The molecule has 0 aliphatic rings. The average Bonchev–Trinajstić information content (AvgIpc) is 2.81. The van der Waals surface area contributed by atoms with Gasteiger partial charge < -0.3 is 0 Å². The van der Waals surface area contributed by atoms with Crippen LogP contribution in [0.3, 0.4) is 0 Å². The lowest BCUT2D eigenvalue weighted by Crippen LogP contribution is -2.02. The number of nitrogens with zero attached hydrogens (tertiary/aromatic N) is 2. The maximum atomic E-state index is 6.36. The lowest BCUT2D eigenvalue weighted by atomic mass is 10.2. The molecular weight excluding hydrogens is 291 g/mol. The Bertz CT molecular complexity index is 758. The molecule has 4 heteroatoms. The summed E-state index contributed by atoms with van der Waals surface area (Å²) in [5.41, 5.74) is 4.00. The molecule has 0 fully saturated rings. The zero-order chi connectivity index (χ0) is 14.3. The fourth-order valence-corrected chi connectivity index (χ4v) is 2.73. The number of halogens is 2. The number of alkyl halides is 1. The minimum Gasteiger partial charge on any atom is -0.294 e. The summed E-state index contributed by atoms with van der Waals surface area (Å²) in [6, 6.07) is 14.0. The van der Waals surface area contributed by atoms with E-state index in [2.05, 4.69) is 36.2 Å². The van der Waals surface area contributed by atoms with E-state index in [1.54, 1.807) is 0 Å². The van der Waals surface area contributed by atoms with Gasteiger partial charge in [-0.25, -0.2) is 4.98 Å². The molecule has 0 aliphatic carbocycles. The minimum absolute atomic E-state index is 0.195. The van der Waals surface area contributed by atoms with Gasteiger partial charge in [0.15, 0.2) is 0 Å². The summed E-state index contributed by atoms with van der Waals surface area (Å²) in [6.45, 7) is 3.98. The van der Waals surface area contributed by atoms with E-state index in [9.17, 15) is 0 Å². The van der Waals surface area contributed by atoms with Crippen LogP contribution in [-0.4, -0.2) is 9.55 Å². The van der Waals surface area contributed by atoms with Crippen molar-refractivity contribution in [2.24, 2.45) is 0 Å². The highest BCUT2D eigenvalue weighted by Gasteiger charge is 2.17. The number of para-hydroxylation sites is 1. The molecule has 20 heavy (non-hydrogen) atoms. The Labute approximate surface area is 128 Å². The highest BCUT2D eigenvalue weighted by atomic mass is 35.5. The number of fused-ring (bicyclic) bond motifs is 1. The third kappa shape index (κ3) is 2.19. The normalized spacial score (nSPS) is 12.8. The number of hydrogen-bond donors (Lipinski definition) is 0. The van der Waals surface area contributed by atoms with E-state index >= 15 is 0 Å². The SMILES string of the molecule is Cc1ccc(-n2c(C(C)Cl)nc3cccc(Cl)c32)cc1. The molecule has 0 saturated heterocycles. The van der Waals surface area contributed by atoms with Crippen LogP contribution in [-0.2, 0) is 0 Å². The largest absolute Gasteiger partial charge is 0.294 e. The molecule has 1 aromatic heterocycles. The molecule has 3 aromatic rings. The number of imidazole rings is 1. The molecule has 0 spiro atoms. The van der Waals surface area contributed by atoms with Crippen molar-refractivity contribution in [1.82, 2.24) is 9.55 Å². The molecule has 0 amide bonds. The lowest BCUT2D eigenvalue weighted by Gasteiger charge is -2.11. The van der Waals surface area contributed by atoms with E-state index in [0.717, 1.165) is 22.5 Å². The first-order valence-electron chi connectivity index (χ1n) is 6.46. The van der Waals surface area contributed by atoms with Crippen LogP contribution in [0.25, 0.3) is 16.7 Å². The Morgan fingerprint density at radius 1 is 1.10 bits per heavy atom. The van der Waals surface area contributed by atoms with Gasteiger partial charge in [-0.15, -0.1) is 11.6 Å². The summed E-state index contributed by atoms with van der Waals surface area (Å²) in [6.07, 6.45) is 0. The smallest absolute Gasteiger partial charge is 0.132 e. The Morgan fingerprint density at radius 2 is 1.80 bits per heavy atom. The van der Waals surface area contributed by atoms with Crippen molar-refractivity contribution in [3.8, 4) is 5.69 Å². The maximum Gasteiger partial charge on any atom is 0.132 e. The standard InChI is InChI=1S/C16H14Cl2N2/c1-10-6-8-12(9-7-10)20-15-13(18)4-3-5-14(15)19-16(20)11(2)17/h3-9,11H,1-2H3. The van der Waals surface area contributed by atoms with Gasteiger partial charge in [-0.3, -0.25) is 4.57 Å². The molecule has 1 unspecified atom stereocenters. The number of rotatable bonds is 2. The summed E-state index contributed by atoms with van der Waals surface area (Å²) < 4.78 is 2.04. The molecule has 1 atom stereocenters. The first-order valence-corrected chi connectivity index (χ1v) is 7.27. The molecule has 0 aliphatic heterocycles. The monoisotopic (exact) mass is 304 g/mol. The van der Waals surface area contributed by atoms with E-state index in [1.807, 2.05) is 29.7 Å². The Kier molecular flexibility index (Phi) is 3.45. The van der Waals surface area contributed by atoms with Crippen LogP contribution in [0.4, 0.5) is 0 Å². The molecule has 3 rings (SSSR count). The van der Waals surface area contributed by atoms with Crippen LogP contribution in [0.1, 0.15) is 23.7 Å². The molecular formula is C16H14Cl2N2. The average molecular weight is 305 g/mol.